The molecule has 0 saturated heterocycles. The number of aromatic nitrogens is 3. The lowest BCUT2D eigenvalue weighted by Crippen LogP contribution is -2.54. The summed E-state index contributed by atoms with van der Waals surface area (Å²) < 4.78 is 47.2. The first-order valence-electron chi connectivity index (χ1n) is 11.5. The number of rotatable bonds is 9. The van der Waals surface area contributed by atoms with Gasteiger partial charge in [-0.1, -0.05) is 80.9 Å². The van der Waals surface area contributed by atoms with Crippen molar-refractivity contribution in [2.45, 2.75) is 65.3 Å². The van der Waals surface area contributed by atoms with Gasteiger partial charge >= 0.3 is 6.18 Å². The van der Waals surface area contributed by atoms with Crippen molar-refractivity contribution in [1.82, 2.24) is 15.1 Å². The van der Waals surface area contributed by atoms with Gasteiger partial charge in [-0.15, -0.1) is 0 Å². The Labute approximate surface area is 215 Å². The molecule has 0 aliphatic carbocycles. The van der Waals surface area contributed by atoms with E-state index in [1.807, 2.05) is 18.2 Å². The molecule has 9 nitrogen and oxygen atoms in total. The van der Waals surface area contributed by atoms with E-state index in [4.69, 9.17) is 10.3 Å². The lowest BCUT2D eigenvalue weighted by molar-refractivity contribution is -0.140. The molecule has 0 aliphatic heterocycles. The van der Waals surface area contributed by atoms with Gasteiger partial charge < -0.3 is 15.4 Å². The molecule has 2 amide bonds. The predicted octanol–water partition coefficient (Wildman–Crippen LogP) is 4.20. The Bertz CT molecular complexity index is 1240. The average Bonchev–Trinajstić information content (AvgIpc) is 3.45. The second kappa shape index (κ2) is 11.0. The number of hydrogen-bond donors (Lipinski definition) is 2. The SMILES string of the molecule is CCC[C@@H](C(N)=O)N(C(=O)[C@@H](O)C(C)(C)C)c1nc(C(F)(F)F)c(-c2nc(Cc3ccccc3)no2)s1. The van der Waals surface area contributed by atoms with E-state index in [2.05, 4.69) is 15.1 Å². The molecule has 0 aliphatic rings. The fourth-order valence-electron chi connectivity index (χ4n) is 3.50. The number of halogens is 3. The summed E-state index contributed by atoms with van der Waals surface area (Å²) in [6.45, 7) is 6.45. The van der Waals surface area contributed by atoms with Crippen molar-refractivity contribution in [3.05, 3.63) is 47.4 Å². The first-order valence-corrected chi connectivity index (χ1v) is 12.3. The minimum absolute atomic E-state index is 0.0516. The lowest BCUT2D eigenvalue weighted by atomic mass is 9.88. The van der Waals surface area contributed by atoms with Crippen LogP contribution < -0.4 is 10.6 Å². The molecule has 3 rings (SSSR count). The third-order valence-corrected chi connectivity index (χ3v) is 6.49. The predicted molar refractivity (Wildman–Crippen MR) is 130 cm³/mol. The number of carbonyl (C=O) groups is 2. The van der Waals surface area contributed by atoms with E-state index in [1.54, 1.807) is 39.8 Å². The Hall–Kier alpha value is -3.32. The van der Waals surface area contributed by atoms with E-state index in [9.17, 15) is 27.9 Å². The Balaban J connectivity index is 2.11. The molecule has 200 valence electrons. The highest BCUT2D eigenvalue weighted by molar-refractivity contribution is 7.19. The van der Waals surface area contributed by atoms with E-state index < -0.39 is 57.1 Å². The number of amides is 2. The molecular weight excluding hydrogens is 511 g/mol. The maximum absolute atomic E-state index is 14.0. The third kappa shape index (κ3) is 6.52. The lowest BCUT2D eigenvalue weighted by Gasteiger charge is -2.33. The van der Waals surface area contributed by atoms with E-state index in [1.165, 1.54) is 0 Å². The van der Waals surface area contributed by atoms with Crippen molar-refractivity contribution >= 4 is 28.3 Å². The van der Waals surface area contributed by atoms with E-state index >= 15 is 0 Å². The first kappa shape index (κ1) is 28.3. The highest BCUT2D eigenvalue weighted by Gasteiger charge is 2.44. The van der Waals surface area contributed by atoms with Gasteiger partial charge in [0, 0.05) is 6.42 Å². The summed E-state index contributed by atoms with van der Waals surface area (Å²) >= 11 is 0.454. The van der Waals surface area contributed by atoms with Crippen LogP contribution in [0.25, 0.3) is 10.8 Å². The first-order chi connectivity index (χ1) is 17.2. The summed E-state index contributed by atoms with van der Waals surface area (Å²) in [5.74, 6) is -2.21. The Morgan fingerprint density at radius 1 is 1.16 bits per heavy atom. The highest BCUT2D eigenvalue weighted by atomic mass is 32.1. The quantitative estimate of drug-likeness (QED) is 0.416. The Morgan fingerprint density at radius 2 is 1.81 bits per heavy atom. The van der Waals surface area contributed by atoms with Crippen molar-refractivity contribution in [3.63, 3.8) is 0 Å². The molecule has 0 saturated carbocycles. The molecule has 3 aromatic rings. The minimum Gasteiger partial charge on any atom is -0.383 e. The summed E-state index contributed by atoms with van der Waals surface area (Å²) in [7, 11) is 0. The molecule has 2 heterocycles. The topological polar surface area (TPSA) is 135 Å². The number of aliphatic hydroxyl groups excluding tert-OH is 1. The molecule has 0 radical (unpaired) electrons. The van der Waals surface area contributed by atoms with Gasteiger partial charge in [0.05, 0.1) is 0 Å². The summed E-state index contributed by atoms with van der Waals surface area (Å²) in [5.41, 5.74) is 4.02. The average molecular weight is 540 g/mol. The zero-order valence-electron chi connectivity index (χ0n) is 20.7. The molecule has 0 unspecified atom stereocenters. The molecular formula is C24H28F3N5O4S. The van der Waals surface area contributed by atoms with Gasteiger partial charge in [-0.3, -0.25) is 14.5 Å². The van der Waals surface area contributed by atoms with Crippen molar-refractivity contribution < 1.29 is 32.4 Å². The van der Waals surface area contributed by atoms with Crippen molar-refractivity contribution in [2.75, 3.05) is 4.90 Å². The van der Waals surface area contributed by atoms with E-state index in [0.29, 0.717) is 17.8 Å². The van der Waals surface area contributed by atoms with E-state index in [0.717, 1.165) is 10.5 Å². The van der Waals surface area contributed by atoms with Gasteiger partial charge in [0.15, 0.2) is 16.6 Å². The van der Waals surface area contributed by atoms with Crippen molar-refractivity contribution in [3.8, 4) is 10.8 Å². The second-order valence-corrected chi connectivity index (χ2v) is 10.5. The number of hydrogen-bond acceptors (Lipinski definition) is 8. The molecule has 3 N–H and O–H groups in total. The van der Waals surface area contributed by atoms with Crippen LogP contribution in [0.5, 0.6) is 0 Å². The fraction of sp³-hybridized carbons (Fsp3) is 0.458. The van der Waals surface area contributed by atoms with Crippen LogP contribution in [-0.2, 0) is 22.2 Å². The molecule has 13 heteroatoms. The van der Waals surface area contributed by atoms with Gasteiger partial charge in [-0.2, -0.15) is 18.2 Å². The van der Waals surface area contributed by atoms with Gasteiger partial charge in [0.2, 0.25) is 5.91 Å². The second-order valence-electron chi connectivity index (χ2n) is 9.53. The van der Waals surface area contributed by atoms with Crippen LogP contribution in [0.2, 0.25) is 0 Å². The number of thiazole rings is 1. The van der Waals surface area contributed by atoms with Crippen LogP contribution in [0.15, 0.2) is 34.9 Å². The highest BCUT2D eigenvalue weighted by Crippen LogP contribution is 2.43. The van der Waals surface area contributed by atoms with Crippen LogP contribution in [0.4, 0.5) is 18.3 Å². The van der Waals surface area contributed by atoms with Crippen molar-refractivity contribution in [2.24, 2.45) is 11.1 Å². The maximum atomic E-state index is 14.0. The summed E-state index contributed by atoms with van der Waals surface area (Å²) in [6, 6.07) is 7.72. The zero-order valence-corrected chi connectivity index (χ0v) is 21.6. The van der Waals surface area contributed by atoms with Crippen LogP contribution in [0, 0.1) is 5.41 Å². The van der Waals surface area contributed by atoms with E-state index in [-0.39, 0.29) is 18.7 Å². The maximum Gasteiger partial charge on any atom is 0.435 e. The fourth-order valence-corrected chi connectivity index (χ4v) is 4.56. The molecule has 0 bridgehead atoms. The number of primary amides is 1. The van der Waals surface area contributed by atoms with Crippen LogP contribution in [-0.4, -0.2) is 44.2 Å². The van der Waals surface area contributed by atoms with Crippen LogP contribution in [0.3, 0.4) is 0 Å². The van der Waals surface area contributed by atoms with Gasteiger partial charge in [0.25, 0.3) is 11.8 Å². The number of carbonyl (C=O) groups excluding carboxylic acids is 2. The molecule has 37 heavy (non-hydrogen) atoms. The van der Waals surface area contributed by atoms with Crippen LogP contribution >= 0.6 is 11.3 Å². The number of nitrogens with two attached hydrogens (primary N) is 1. The largest absolute Gasteiger partial charge is 0.435 e. The number of benzene rings is 1. The zero-order chi connectivity index (χ0) is 27.5. The molecule has 0 spiro atoms. The van der Waals surface area contributed by atoms with Gasteiger partial charge in [0.1, 0.15) is 17.0 Å². The molecule has 2 aromatic heterocycles. The van der Waals surface area contributed by atoms with Crippen molar-refractivity contribution in [1.29, 1.82) is 0 Å². The monoisotopic (exact) mass is 539 g/mol. The Kier molecular flexibility index (Phi) is 8.38. The third-order valence-electron chi connectivity index (χ3n) is 5.45. The summed E-state index contributed by atoms with van der Waals surface area (Å²) in [5, 5.41) is 14.0. The van der Waals surface area contributed by atoms with Gasteiger partial charge in [-0.25, -0.2) is 4.98 Å². The minimum atomic E-state index is -4.94. The van der Waals surface area contributed by atoms with Gasteiger partial charge in [-0.05, 0) is 17.4 Å². The number of nitrogens with zero attached hydrogens (tertiary/aromatic N) is 4. The Morgan fingerprint density at radius 3 is 2.35 bits per heavy atom. The number of anilines is 1. The molecule has 2 atom stereocenters. The summed E-state index contributed by atoms with van der Waals surface area (Å²) in [4.78, 5) is 33.6. The number of aliphatic hydroxyl groups is 1. The normalized spacial score (nSPS) is 13.8. The standard InChI is InChI=1S/C24H28F3N5O4S/c1-5-9-14(19(28)34)32(21(35)18(33)23(2,3)4)22-30-17(24(25,26)27)16(37-22)20-29-15(31-36-20)12-13-10-7-6-8-11-13/h6-8,10-11,14,18,33H,5,9,12H2,1-4H3,(H2,28,34)/t14-,18+/m0/s1. The smallest absolute Gasteiger partial charge is 0.383 e. The van der Waals surface area contributed by atoms with Crippen LogP contribution in [0.1, 0.15) is 57.6 Å². The molecule has 1 aromatic carbocycles. The molecule has 0 fully saturated rings. The number of alkyl halides is 3. The summed E-state index contributed by atoms with van der Waals surface area (Å²) in [6.07, 6.45) is -5.92.